The highest BCUT2D eigenvalue weighted by atomic mass is 19.1. The third kappa shape index (κ3) is 3.87. The van der Waals surface area contributed by atoms with Crippen LogP contribution in [0.2, 0.25) is 0 Å². The largest absolute Gasteiger partial charge is 0.494 e. The smallest absolute Gasteiger partial charge is 0.223 e. The zero-order chi connectivity index (χ0) is 24.3. The van der Waals surface area contributed by atoms with Crippen molar-refractivity contribution in [3.8, 4) is 5.75 Å². The van der Waals surface area contributed by atoms with Gasteiger partial charge in [-0.25, -0.2) is 18.7 Å². The van der Waals surface area contributed by atoms with Gasteiger partial charge in [0.15, 0.2) is 17.1 Å². The number of halogens is 2. The molecule has 3 aromatic heterocycles. The molecule has 5 rings (SSSR count). The van der Waals surface area contributed by atoms with Crippen LogP contribution in [0.15, 0.2) is 24.5 Å². The number of ether oxygens (including phenoxy) is 1. The molecular formula is C22H26F2N8O2. The van der Waals surface area contributed by atoms with E-state index < -0.39 is 17.1 Å². The van der Waals surface area contributed by atoms with Crippen LogP contribution in [-0.4, -0.2) is 60.3 Å². The summed E-state index contributed by atoms with van der Waals surface area (Å²) in [4.78, 5) is 10.6. The van der Waals surface area contributed by atoms with Crippen LogP contribution in [0, 0.1) is 5.82 Å². The van der Waals surface area contributed by atoms with E-state index in [0.29, 0.717) is 30.4 Å². The molecule has 0 bridgehead atoms. The zero-order valence-electron chi connectivity index (χ0n) is 19.2. The molecule has 1 unspecified atom stereocenters. The van der Waals surface area contributed by atoms with E-state index in [1.165, 1.54) is 23.8 Å². The number of benzene rings is 1. The lowest BCUT2D eigenvalue weighted by atomic mass is 9.93. The minimum absolute atomic E-state index is 0.00433. The number of nitrogens with two attached hydrogens (primary N) is 1. The summed E-state index contributed by atoms with van der Waals surface area (Å²) in [6, 6.07) is 2.46. The molecule has 3 N–H and O–H groups in total. The molecule has 1 saturated heterocycles. The van der Waals surface area contributed by atoms with Crippen LogP contribution >= 0.6 is 0 Å². The average molecular weight is 473 g/mol. The van der Waals surface area contributed by atoms with Crippen LogP contribution in [0.5, 0.6) is 5.75 Å². The van der Waals surface area contributed by atoms with Gasteiger partial charge in [0, 0.05) is 18.8 Å². The molecule has 0 saturated carbocycles. The highest BCUT2D eigenvalue weighted by molar-refractivity contribution is 5.96. The molecule has 0 aliphatic carbocycles. The first-order valence-corrected chi connectivity index (χ1v) is 10.9. The van der Waals surface area contributed by atoms with E-state index in [2.05, 4.69) is 20.2 Å². The minimum atomic E-state index is -1.86. The summed E-state index contributed by atoms with van der Waals surface area (Å²) in [6.45, 7) is 4.36. The van der Waals surface area contributed by atoms with E-state index in [1.54, 1.807) is 30.9 Å². The molecule has 0 amide bonds. The number of methoxy groups -OCH3 is 1. The van der Waals surface area contributed by atoms with Crippen molar-refractivity contribution < 1.29 is 18.6 Å². The molecule has 1 aliphatic heterocycles. The van der Waals surface area contributed by atoms with Crippen molar-refractivity contribution in [2.75, 3.05) is 30.8 Å². The number of aliphatic hydroxyl groups is 1. The van der Waals surface area contributed by atoms with Crippen LogP contribution in [0.25, 0.3) is 16.6 Å². The topological polar surface area (TPSA) is 120 Å². The van der Waals surface area contributed by atoms with Crippen LogP contribution in [0.1, 0.15) is 32.5 Å². The highest BCUT2D eigenvalue weighted by Gasteiger charge is 2.42. The van der Waals surface area contributed by atoms with Gasteiger partial charge in [-0.2, -0.15) is 9.61 Å². The Hall–Kier alpha value is -3.54. The number of nitrogens with zero attached hydrogens (tertiary/aromatic N) is 7. The lowest BCUT2D eigenvalue weighted by Crippen LogP contribution is -2.44. The number of aromatic nitrogens is 6. The van der Waals surface area contributed by atoms with Gasteiger partial charge in [0.25, 0.3) is 0 Å². The third-order valence-corrected chi connectivity index (χ3v) is 5.93. The van der Waals surface area contributed by atoms with E-state index in [-0.39, 0.29) is 36.1 Å². The van der Waals surface area contributed by atoms with E-state index in [9.17, 15) is 9.50 Å². The van der Waals surface area contributed by atoms with Crippen LogP contribution in [0.3, 0.4) is 0 Å². The summed E-state index contributed by atoms with van der Waals surface area (Å²) in [5, 5.41) is 19.0. The number of hydrogen-bond donors (Lipinski definition) is 2. The summed E-state index contributed by atoms with van der Waals surface area (Å²) in [6.07, 6.45) is 4.23. The Morgan fingerprint density at radius 3 is 2.82 bits per heavy atom. The number of anilines is 2. The summed E-state index contributed by atoms with van der Waals surface area (Å²) < 4.78 is 38.6. The first-order valence-electron chi connectivity index (χ1n) is 10.9. The van der Waals surface area contributed by atoms with Gasteiger partial charge < -0.3 is 20.5 Å². The SMILES string of the molecule is COc1cc(F)cc2c1nc(N)n1nc(C3(F)CCCN(c4cnn(CC(C)(C)O)c4)C3)nc21. The fraction of sp³-hybridized carbons (Fsp3) is 0.455. The molecule has 1 aromatic carbocycles. The predicted molar refractivity (Wildman–Crippen MR) is 122 cm³/mol. The van der Waals surface area contributed by atoms with Gasteiger partial charge in [-0.15, -0.1) is 5.10 Å². The van der Waals surface area contributed by atoms with Crippen LogP contribution < -0.4 is 15.4 Å². The Balaban J connectivity index is 1.52. The van der Waals surface area contributed by atoms with Gasteiger partial charge in [-0.3, -0.25) is 4.68 Å². The molecule has 0 radical (unpaired) electrons. The van der Waals surface area contributed by atoms with E-state index >= 15 is 4.39 Å². The van der Waals surface area contributed by atoms with Gasteiger partial charge in [-0.05, 0) is 32.8 Å². The first-order chi connectivity index (χ1) is 16.1. The number of rotatable bonds is 5. The molecule has 180 valence electrons. The van der Waals surface area contributed by atoms with Gasteiger partial charge in [0.1, 0.15) is 17.1 Å². The number of fused-ring (bicyclic) bond motifs is 3. The molecular weight excluding hydrogens is 446 g/mol. The first kappa shape index (κ1) is 22.3. The molecule has 1 fully saturated rings. The number of nitrogen functional groups attached to an aromatic ring is 1. The molecule has 1 aliphatic rings. The lowest BCUT2D eigenvalue weighted by Gasteiger charge is -2.36. The van der Waals surface area contributed by atoms with Crippen LogP contribution in [-0.2, 0) is 12.2 Å². The van der Waals surface area contributed by atoms with Crippen molar-refractivity contribution in [3.63, 3.8) is 0 Å². The van der Waals surface area contributed by atoms with Crippen molar-refractivity contribution in [3.05, 3.63) is 36.2 Å². The number of alkyl halides is 1. The summed E-state index contributed by atoms with van der Waals surface area (Å²) >= 11 is 0. The zero-order valence-corrected chi connectivity index (χ0v) is 19.2. The van der Waals surface area contributed by atoms with Crippen molar-refractivity contribution in [2.45, 2.75) is 44.5 Å². The average Bonchev–Trinajstić information content (AvgIpc) is 3.41. The van der Waals surface area contributed by atoms with E-state index in [4.69, 9.17) is 10.5 Å². The maximum atomic E-state index is 16.3. The summed E-state index contributed by atoms with van der Waals surface area (Å²) in [7, 11) is 1.41. The molecule has 12 heteroatoms. The van der Waals surface area contributed by atoms with Gasteiger partial charge in [0.05, 0.1) is 43.1 Å². The molecule has 10 nitrogen and oxygen atoms in total. The van der Waals surface area contributed by atoms with Gasteiger partial charge in [0.2, 0.25) is 5.95 Å². The monoisotopic (exact) mass is 472 g/mol. The van der Waals surface area contributed by atoms with Crippen LogP contribution in [0.4, 0.5) is 20.4 Å². The second-order valence-corrected chi connectivity index (χ2v) is 9.34. The predicted octanol–water partition coefficient (Wildman–Crippen LogP) is 2.44. The fourth-order valence-electron chi connectivity index (χ4n) is 4.43. The third-order valence-electron chi connectivity index (χ3n) is 5.93. The second kappa shape index (κ2) is 7.76. The molecule has 0 spiro atoms. The van der Waals surface area contributed by atoms with Gasteiger partial charge in [-0.1, -0.05) is 0 Å². The lowest BCUT2D eigenvalue weighted by molar-refractivity contribution is 0.0577. The van der Waals surface area contributed by atoms with Crippen molar-refractivity contribution in [1.82, 2.24) is 29.4 Å². The Morgan fingerprint density at radius 1 is 1.29 bits per heavy atom. The minimum Gasteiger partial charge on any atom is -0.494 e. The van der Waals surface area contributed by atoms with E-state index in [1.807, 2.05) is 4.90 Å². The number of piperidine rings is 1. The quantitative estimate of drug-likeness (QED) is 0.455. The van der Waals surface area contributed by atoms with E-state index in [0.717, 1.165) is 5.69 Å². The standard InChI is InChI=1S/C22H26F2N8O2/c1-21(2,33)11-31-10-14(9-26-31)30-6-4-5-22(24,12-30)19-28-18-15-7-13(23)8-16(34-3)17(15)27-20(25)32(18)29-19/h7-10,33H,4-6,11-12H2,1-3H3,(H2,25,27). The van der Waals surface area contributed by atoms with Crippen molar-refractivity contribution >= 4 is 28.2 Å². The second-order valence-electron chi connectivity index (χ2n) is 9.34. The molecule has 4 heterocycles. The summed E-state index contributed by atoms with van der Waals surface area (Å²) in [5.41, 5.74) is 4.57. The normalized spacial score (nSPS) is 19.3. The Labute approximate surface area is 194 Å². The highest BCUT2D eigenvalue weighted by Crippen LogP contribution is 2.37. The molecule has 34 heavy (non-hydrogen) atoms. The van der Waals surface area contributed by atoms with Crippen molar-refractivity contribution in [1.29, 1.82) is 0 Å². The number of hydrogen-bond acceptors (Lipinski definition) is 8. The van der Waals surface area contributed by atoms with Gasteiger partial charge >= 0.3 is 0 Å². The fourth-order valence-corrected chi connectivity index (χ4v) is 4.43. The Morgan fingerprint density at radius 2 is 2.09 bits per heavy atom. The molecule has 1 atom stereocenters. The summed E-state index contributed by atoms with van der Waals surface area (Å²) in [5.74, 6) is -0.375. The molecule has 4 aromatic rings. The Kier molecular flexibility index (Phi) is 5.08. The van der Waals surface area contributed by atoms with Crippen molar-refractivity contribution in [2.24, 2.45) is 0 Å². The Bertz CT molecular complexity index is 1380. The maximum Gasteiger partial charge on any atom is 0.223 e. The maximum absolute atomic E-state index is 16.3.